The van der Waals surface area contributed by atoms with Gasteiger partial charge in [0.25, 0.3) is 5.56 Å². The second-order valence-electron chi connectivity index (χ2n) is 5.06. The van der Waals surface area contributed by atoms with E-state index in [0.717, 1.165) is 0 Å². The van der Waals surface area contributed by atoms with E-state index in [2.05, 4.69) is 0 Å². The second-order valence-corrected chi connectivity index (χ2v) is 5.90. The summed E-state index contributed by atoms with van der Waals surface area (Å²) < 4.78 is 1.44. The van der Waals surface area contributed by atoms with E-state index in [4.69, 9.17) is 23.2 Å². The molecule has 2 aromatic carbocycles. The minimum absolute atomic E-state index is 0.154. The van der Waals surface area contributed by atoms with E-state index < -0.39 is 5.97 Å². The molecule has 1 N–H and O–H groups in total. The number of halogens is 2. The number of hydrogen-bond acceptors (Lipinski definition) is 2. The Bertz CT molecular complexity index is 979. The van der Waals surface area contributed by atoms with Crippen molar-refractivity contribution in [1.82, 2.24) is 4.57 Å². The molecule has 116 valence electrons. The topological polar surface area (TPSA) is 59.3 Å². The molecule has 0 spiro atoms. The van der Waals surface area contributed by atoms with E-state index in [1.165, 1.54) is 10.6 Å². The summed E-state index contributed by atoms with van der Waals surface area (Å²) in [6.07, 6.45) is 1.60. The number of aromatic nitrogens is 1. The molecular weight excluding hydrogens is 337 g/mol. The maximum absolute atomic E-state index is 12.6. The summed E-state index contributed by atoms with van der Waals surface area (Å²) in [5.41, 5.74) is 0.449. The van der Waals surface area contributed by atoms with Gasteiger partial charge >= 0.3 is 5.97 Å². The van der Waals surface area contributed by atoms with Gasteiger partial charge in [-0.1, -0.05) is 41.4 Å². The van der Waals surface area contributed by atoms with Crippen LogP contribution < -0.4 is 5.56 Å². The SMILES string of the molecule is O=C(O)c1ccccc1Cn1ccc2c(Cl)cc(Cl)cc2c1=O. The molecule has 0 saturated carbocycles. The fourth-order valence-corrected chi connectivity index (χ4v) is 3.05. The van der Waals surface area contributed by atoms with Gasteiger partial charge in [0.2, 0.25) is 0 Å². The number of carboxylic acids is 1. The Morgan fingerprint density at radius 2 is 1.83 bits per heavy atom. The molecule has 0 unspecified atom stereocenters. The predicted octanol–water partition coefficient (Wildman–Crippen LogP) is 4.05. The van der Waals surface area contributed by atoms with Crippen LogP contribution in [-0.4, -0.2) is 15.6 Å². The molecule has 1 aromatic heterocycles. The molecule has 0 aliphatic heterocycles. The van der Waals surface area contributed by atoms with Crippen molar-refractivity contribution in [3.8, 4) is 0 Å². The van der Waals surface area contributed by atoms with Gasteiger partial charge in [-0.05, 0) is 29.8 Å². The Morgan fingerprint density at radius 1 is 1.09 bits per heavy atom. The number of pyridine rings is 1. The lowest BCUT2D eigenvalue weighted by molar-refractivity contribution is 0.0695. The van der Waals surface area contributed by atoms with Gasteiger partial charge in [-0.2, -0.15) is 0 Å². The fourth-order valence-electron chi connectivity index (χ4n) is 2.49. The van der Waals surface area contributed by atoms with Crippen LogP contribution in [0.2, 0.25) is 10.0 Å². The third-order valence-electron chi connectivity index (χ3n) is 3.60. The number of fused-ring (bicyclic) bond motifs is 1. The van der Waals surface area contributed by atoms with Gasteiger partial charge in [0, 0.05) is 16.6 Å². The average Bonchev–Trinajstić information content (AvgIpc) is 2.51. The Labute approximate surface area is 141 Å². The molecule has 0 aliphatic rings. The number of carbonyl (C=O) groups is 1. The second kappa shape index (κ2) is 6.07. The average molecular weight is 348 g/mol. The van der Waals surface area contributed by atoms with Crippen molar-refractivity contribution in [1.29, 1.82) is 0 Å². The van der Waals surface area contributed by atoms with Crippen LogP contribution >= 0.6 is 23.2 Å². The van der Waals surface area contributed by atoms with Crippen LogP contribution in [0.1, 0.15) is 15.9 Å². The van der Waals surface area contributed by atoms with E-state index in [-0.39, 0.29) is 17.7 Å². The Morgan fingerprint density at radius 3 is 2.57 bits per heavy atom. The molecule has 0 aliphatic carbocycles. The number of benzene rings is 2. The lowest BCUT2D eigenvalue weighted by Gasteiger charge is -2.10. The first-order valence-corrected chi connectivity index (χ1v) is 7.52. The highest BCUT2D eigenvalue weighted by Gasteiger charge is 2.12. The lowest BCUT2D eigenvalue weighted by Crippen LogP contribution is -2.21. The molecule has 1 heterocycles. The molecule has 3 rings (SSSR count). The first kappa shape index (κ1) is 15.6. The van der Waals surface area contributed by atoms with Crippen LogP contribution in [0.5, 0.6) is 0 Å². The molecule has 6 heteroatoms. The maximum atomic E-state index is 12.6. The molecule has 0 bridgehead atoms. The summed E-state index contributed by atoms with van der Waals surface area (Å²) in [5, 5.41) is 11.0. The van der Waals surface area contributed by atoms with E-state index in [1.807, 2.05) is 0 Å². The van der Waals surface area contributed by atoms with E-state index in [9.17, 15) is 14.7 Å². The molecular formula is C17H11Cl2NO3. The fraction of sp³-hybridized carbons (Fsp3) is 0.0588. The summed E-state index contributed by atoms with van der Waals surface area (Å²) in [4.78, 5) is 23.9. The molecule has 4 nitrogen and oxygen atoms in total. The largest absolute Gasteiger partial charge is 0.478 e. The number of rotatable bonds is 3. The van der Waals surface area contributed by atoms with Crippen LogP contribution in [-0.2, 0) is 6.54 Å². The highest BCUT2D eigenvalue weighted by molar-refractivity contribution is 6.38. The quantitative estimate of drug-likeness (QED) is 0.777. The summed E-state index contributed by atoms with van der Waals surface area (Å²) in [7, 11) is 0. The number of aromatic carboxylic acids is 1. The normalized spacial score (nSPS) is 10.9. The summed E-state index contributed by atoms with van der Waals surface area (Å²) in [6, 6.07) is 11.4. The van der Waals surface area contributed by atoms with Gasteiger partial charge < -0.3 is 9.67 Å². The van der Waals surface area contributed by atoms with Crippen molar-refractivity contribution in [3.63, 3.8) is 0 Å². The summed E-state index contributed by atoms with van der Waals surface area (Å²) >= 11 is 12.1. The zero-order chi connectivity index (χ0) is 16.6. The van der Waals surface area contributed by atoms with Gasteiger partial charge in [-0.25, -0.2) is 4.79 Å². The zero-order valence-corrected chi connectivity index (χ0v) is 13.3. The van der Waals surface area contributed by atoms with Crippen molar-refractivity contribution in [2.24, 2.45) is 0 Å². The van der Waals surface area contributed by atoms with Crippen molar-refractivity contribution in [2.45, 2.75) is 6.54 Å². The Hall–Kier alpha value is -2.30. The molecule has 0 amide bonds. The van der Waals surface area contributed by atoms with Gasteiger partial charge in [0.05, 0.1) is 22.5 Å². The third kappa shape index (κ3) is 2.96. The van der Waals surface area contributed by atoms with Crippen molar-refractivity contribution >= 4 is 39.9 Å². The first-order chi connectivity index (χ1) is 11.0. The van der Waals surface area contributed by atoms with Crippen molar-refractivity contribution in [2.75, 3.05) is 0 Å². The van der Waals surface area contributed by atoms with Crippen molar-refractivity contribution in [3.05, 3.63) is 80.2 Å². The number of carboxylic acid groups (broad SMARTS) is 1. The van der Waals surface area contributed by atoms with E-state index in [1.54, 1.807) is 42.6 Å². The minimum Gasteiger partial charge on any atom is -0.478 e. The van der Waals surface area contributed by atoms with Crippen LogP contribution in [0.3, 0.4) is 0 Å². The van der Waals surface area contributed by atoms with Gasteiger partial charge in [0.1, 0.15) is 0 Å². The standard InChI is InChI=1S/C17H11Cl2NO3/c18-11-7-14-13(15(19)8-11)5-6-20(16(14)21)9-10-3-1-2-4-12(10)17(22)23/h1-8H,9H2,(H,22,23). The lowest BCUT2D eigenvalue weighted by atomic mass is 10.1. The smallest absolute Gasteiger partial charge is 0.336 e. The van der Waals surface area contributed by atoms with Crippen LogP contribution in [0.4, 0.5) is 0 Å². The number of nitrogens with zero attached hydrogens (tertiary/aromatic N) is 1. The third-order valence-corrected chi connectivity index (χ3v) is 4.13. The predicted molar refractivity (Wildman–Crippen MR) is 90.7 cm³/mol. The maximum Gasteiger partial charge on any atom is 0.336 e. The van der Waals surface area contributed by atoms with Gasteiger partial charge in [-0.3, -0.25) is 4.79 Å². The van der Waals surface area contributed by atoms with Crippen LogP contribution in [0.25, 0.3) is 10.8 Å². The van der Waals surface area contributed by atoms with Crippen LogP contribution in [0, 0.1) is 0 Å². The highest BCUT2D eigenvalue weighted by atomic mass is 35.5. The van der Waals surface area contributed by atoms with E-state index >= 15 is 0 Å². The number of hydrogen-bond donors (Lipinski definition) is 1. The molecule has 0 saturated heterocycles. The van der Waals surface area contributed by atoms with Gasteiger partial charge in [-0.15, -0.1) is 0 Å². The Kier molecular flexibility index (Phi) is 4.11. The zero-order valence-electron chi connectivity index (χ0n) is 11.8. The molecule has 3 aromatic rings. The summed E-state index contributed by atoms with van der Waals surface area (Å²) in [5.74, 6) is -1.03. The molecule has 0 fully saturated rings. The monoisotopic (exact) mass is 347 g/mol. The Balaban J connectivity index is 2.14. The first-order valence-electron chi connectivity index (χ1n) is 6.77. The van der Waals surface area contributed by atoms with Crippen molar-refractivity contribution < 1.29 is 9.90 Å². The van der Waals surface area contributed by atoms with Crippen LogP contribution in [0.15, 0.2) is 53.5 Å². The molecule has 0 radical (unpaired) electrons. The van der Waals surface area contributed by atoms with E-state index in [0.29, 0.717) is 26.4 Å². The molecule has 0 atom stereocenters. The highest BCUT2D eigenvalue weighted by Crippen LogP contribution is 2.25. The summed E-state index contributed by atoms with van der Waals surface area (Å²) in [6.45, 7) is 0.154. The van der Waals surface area contributed by atoms with Gasteiger partial charge in [0.15, 0.2) is 0 Å². The molecule has 23 heavy (non-hydrogen) atoms. The minimum atomic E-state index is -1.03.